The normalized spacial score (nSPS) is 15.4. The van der Waals surface area contributed by atoms with Crippen molar-refractivity contribution in [3.05, 3.63) is 35.9 Å². The molecule has 0 spiro atoms. The second kappa shape index (κ2) is 6.10. The van der Waals surface area contributed by atoms with E-state index in [-0.39, 0.29) is 5.41 Å². The van der Waals surface area contributed by atoms with Crippen LogP contribution in [0.5, 0.6) is 0 Å². The van der Waals surface area contributed by atoms with Gasteiger partial charge in [-0.25, -0.2) is 4.98 Å². The maximum atomic E-state index is 4.40. The third-order valence-electron chi connectivity index (χ3n) is 4.03. The van der Waals surface area contributed by atoms with Gasteiger partial charge in [0.2, 0.25) is 0 Å². The second-order valence-corrected chi connectivity index (χ2v) is 7.22. The van der Waals surface area contributed by atoms with Crippen LogP contribution in [-0.4, -0.2) is 39.8 Å². The van der Waals surface area contributed by atoms with Gasteiger partial charge in [0.1, 0.15) is 5.82 Å². The summed E-state index contributed by atoms with van der Waals surface area (Å²) in [6, 6.07) is 4.15. The van der Waals surface area contributed by atoms with Gasteiger partial charge in [0, 0.05) is 37.2 Å². The van der Waals surface area contributed by atoms with Crippen molar-refractivity contribution in [2.24, 2.45) is 5.92 Å². The number of nitrogens with one attached hydrogen (secondary N) is 1. The van der Waals surface area contributed by atoms with Gasteiger partial charge in [0.05, 0.1) is 17.6 Å². The number of anilines is 2. The van der Waals surface area contributed by atoms with E-state index in [1.807, 2.05) is 6.92 Å². The fraction of sp³-hybridized carbons (Fsp3) is 0.529. The number of hydrogen-bond acceptors (Lipinski definition) is 6. The van der Waals surface area contributed by atoms with E-state index in [4.69, 9.17) is 0 Å². The zero-order valence-corrected chi connectivity index (χ0v) is 14.2. The molecule has 0 saturated carbocycles. The molecule has 0 bridgehead atoms. The van der Waals surface area contributed by atoms with Crippen molar-refractivity contribution < 1.29 is 0 Å². The molecule has 1 N–H and O–H groups in total. The summed E-state index contributed by atoms with van der Waals surface area (Å²) < 4.78 is 0. The Morgan fingerprint density at radius 2 is 1.96 bits per heavy atom. The number of hydrogen-bond donors (Lipinski definition) is 1. The molecule has 1 fully saturated rings. The van der Waals surface area contributed by atoms with Crippen LogP contribution in [0.3, 0.4) is 0 Å². The molecule has 23 heavy (non-hydrogen) atoms. The molecule has 3 heterocycles. The van der Waals surface area contributed by atoms with Crippen LogP contribution in [0.4, 0.5) is 11.6 Å². The van der Waals surface area contributed by atoms with Gasteiger partial charge in [-0.2, -0.15) is 5.10 Å². The zero-order valence-electron chi connectivity index (χ0n) is 14.2. The summed E-state index contributed by atoms with van der Waals surface area (Å²) in [5.74, 6) is 2.41. The van der Waals surface area contributed by atoms with E-state index in [0.717, 1.165) is 42.7 Å². The van der Waals surface area contributed by atoms with Gasteiger partial charge in [0.15, 0.2) is 5.82 Å². The molecule has 0 amide bonds. The van der Waals surface area contributed by atoms with Crippen molar-refractivity contribution in [2.75, 3.05) is 29.9 Å². The zero-order chi connectivity index (χ0) is 16.4. The minimum Gasteiger partial charge on any atom is -0.368 e. The summed E-state index contributed by atoms with van der Waals surface area (Å²) >= 11 is 0. The largest absolute Gasteiger partial charge is 0.368 e. The van der Waals surface area contributed by atoms with Crippen molar-refractivity contribution in [1.29, 1.82) is 0 Å². The first-order valence-corrected chi connectivity index (χ1v) is 8.03. The highest BCUT2D eigenvalue weighted by Crippen LogP contribution is 2.25. The van der Waals surface area contributed by atoms with Crippen molar-refractivity contribution in [3.8, 4) is 0 Å². The lowest BCUT2D eigenvalue weighted by Crippen LogP contribution is -2.50. The molecule has 1 aliphatic heterocycles. The monoisotopic (exact) mass is 312 g/mol. The van der Waals surface area contributed by atoms with Gasteiger partial charge < -0.3 is 10.2 Å². The number of rotatable bonds is 4. The molecule has 6 nitrogen and oxygen atoms in total. The van der Waals surface area contributed by atoms with Crippen LogP contribution in [0.25, 0.3) is 0 Å². The predicted molar refractivity (Wildman–Crippen MR) is 91.7 cm³/mol. The number of aryl methyl sites for hydroxylation is 1. The van der Waals surface area contributed by atoms with Crippen molar-refractivity contribution in [1.82, 2.24) is 20.2 Å². The molecule has 0 atom stereocenters. The highest BCUT2D eigenvalue weighted by Gasteiger charge is 2.28. The van der Waals surface area contributed by atoms with Crippen LogP contribution in [-0.2, 0) is 5.41 Å². The number of aromatic nitrogens is 4. The predicted octanol–water partition coefficient (Wildman–Crippen LogP) is 2.42. The van der Waals surface area contributed by atoms with E-state index in [0.29, 0.717) is 5.92 Å². The van der Waals surface area contributed by atoms with Crippen LogP contribution in [0.15, 0.2) is 24.5 Å². The van der Waals surface area contributed by atoms with Crippen molar-refractivity contribution in [2.45, 2.75) is 33.1 Å². The van der Waals surface area contributed by atoms with Gasteiger partial charge in [-0.3, -0.25) is 4.98 Å². The third kappa shape index (κ3) is 3.75. The molecule has 1 aliphatic rings. The van der Waals surface area contributed by atoms with E-state index < -0.39 is 0 Å². The Morgan fingerprint density at radius 1 is 1.17 bits per heavy atom. The van der Waals surface area contributed by atoms with Crippen molar-refractivity contribution in [3.63, 3.8) is 0 Å². The summed E-state index contributed by atoms with van der Waals surface area (Å²) in [6.07, 6.45) is 3.52. The van der Waals surface area contributed by atoms with Crippen LogP contribution < -0.4 is 10.2 Å². The molecular weight excluding hydrogens is 288 g/mol. The van der Waals surface area contributed by atoms with E-state index >= 15 is 0 Å². The Balaban J connectivity index is 1.49. The lowest BCUT2D eigenvalue weighted by molar-refractivity contribution is 0.424. The first-order valence-electron chi connectivity index (χ1n) is 8.03. The van der Waals surface area contributed by atoms with Crippen LogP contribution >= 0.6 is 0 Å². The quantitative estimate of drug-likeness (QED) is 0.935. The Kier molecular flexibility index (Phi) is 4.15. The van der Waals surface area contributed by atoms with Gasteiger partial charge in [0.25, 0.3) is 0 Å². The summed E-state index contributed by atoms with van der Waals surface area (Å²) in [5.41, 5.74) is 2.00. The topological polar surface area (TPSA) is 66.8 Å². The first kappa shape index (κ1) is 15.6. The summed E-state index contributed by atoms with van der Waals surface area (Å²) in [4.78, 5) is 10.8. The van der Waals surface area contributed by atoms with E-state index in [9.17, 15) is 0 Å². The lowest BCUT2D eigenvalue weighted by Gasteiger charge is -2.40. The SMILES string of the molecule is Cc1cncc(NCC2CN(c3ccc(C(C)(C)C)nn3)C2)n1. The van der Waals surface area contributed by atoms with Crippen molar-refractivity contribution >= 4 is 11.6 Å². The van der Waals surface area contributed by atoms with Gasteiger partial charge in [-0.05, 0) is 19.1 Å². The summed E-state index contributed by atoms with van der Waals surface area (Å²) in [6.45, 7) is 11.3. The fourth-order valence-electron chi connectivity index (χ4n) is 2.58. The smallest absolute Gasteiger partial charge is 0.151 e. The molecule has 1 saturated heterocycles. The third-order valence-corrected chi connectivity index (χ3v) is 4.03. The Morgan fingerprint density at radius 3 is 2.57 bits per heavy atom. The average Bonchev–Trinajstić information content (AvgIpc) is 2.45. The van der Waals surface area contributed by atoms with Crippen LogP contribution in [0, 0.1) is 12.8 Å². The molecule has 6 heteroatoms. The average molecular weight is 312 g/mol. The molecule has 3 rings (SSSR count). The molecule has 0 aliphatic carbocycles. The molecule has 0 unspecified atom stereocenters. The van der Waals surface area contributed by atoms with E-state index in [1.165, 1.54) is 0 Å². The molecule has 2 aromatic heterocycles. The molecular formula is C17H24N6. The first-order chi connectivity index (χ1) is 10.9. The lowest BCUT2D eigenvalue weighted by atomic mass is 9.92. The molecule has 2 aromatic rings. The molecule has 0 aromatic carbocycles. The molecule has 0 radical (unpaired) electrons. The van der Waals surface area contributed by atoms with Crippen LogP contribution in [0.2, 0.25) is 0 Å². The van der Waals surface area contributed by atoms with E-state index in [1.54, 1.807) is 12.4 Å². The fourth-order valence-corrected chi connectivity index (χ4v) is 2.58. The van der Waals surface area contributed by atoms with E-state index in [2.05, 4.69) is 63.3 Å². The minimum absolute atomic E-state index is 0.0434. The standard InChI is InChI=1S/C17H24N6/c1-12-7-18-9-15(20-12)19-8-13-10-23(11-13)16-6-5-14(21-22-16)17(2,3)4/h5-7,9,13H,8,10-11H2,1-4H3,(H,19,20). The maximum Gasteiger partial charge on any atom is 0.151 e. The highest BCUT2D eigenvalue weighted by atomic mass is 15.3. The van der Waals surface area contributed by atoms with Gasteiger partial charge >= 0.3 is 0 Å². The van der Waals surface area contributed by atoms with Gasteiger partial charge in [-0.15, -0.1) is 5.10 Å². The Bertz CT molecular complexity index is 656. The minimum atomic E-state index is 0.0434. The molecule has 122 valence electrons. The summed E-state index contributed by atoms with van der Waals surface area (Å²) in [5, 5.41) is 12.1. The Hall–Kier alpha value is -2.24. The number of nitrogens with zero attached hydrogens (tertiary/aromatic N) is 5. The summed E-state index contributed by atoms with van der Waals surface area (Å²) in [7, 11) is 0. The second-order valence-electron chi connectivity index (χ2n) is 7.22. The Labute approximate surface area is 137 Å². The van der Waals surface area contributed by atoms with Gasteiger partial charge in [-0.1, -0.05) is 20.8 Å². The highest BCUT2D eigenvalue weighted by molar-refractivity contribution is 5.42. The van der Waals surface area contributed by atoms with Crippen LogP contribution in [0.1, 0.15) is 32.2 Å². The maximum absolute atomic E-state index is 4.40.